The zero-order chi connectivity index (χ0) is 42.0. The quantitative estimate of drug-likeness (QED) is 0.178. The average Bonchev–Trinajstić information content (AvgIpc) is 3.92. The number of aromatic nitrogens is 3. The van der Waals surface area contributed by atoms with Crippen molar-refractivity contribution in [2.75, 3.05) is 4.90 Å². The van der Waals surface area contributed by atoms with Crippen LogP contribution in [0, 0.1) is 0 Å². The summed E-state index contributed by atoms with van der Waals surface area (Å²) in [6.07, 6.45) is 4.64. The predicted molar refractivity (Wildman–Crippen MR) is 250 cm³/mol. The Hall–Kier alpha value is -6.53. The van der Waals surface area contributed by atoms with Crippen LogP contribution in [0.15, 0.2) is 145 Å². The van der Waals surface area contributed by atoms with E-state index >= 15 is 0 Å². The summed E-state index contributed by atoms with van der Waals surface area (Å²) in [6.45, 7) is 18.3. The number of fused-ring (bicyclic) bond motifs is 8. The van der Waals surface area contributed by atoms with Crippen LogP contribution in [0.5, 0.6) is 0 Å². The molecule has 5 heterocycles. The molecule has 2 atom stereocenters. The molecule has 0 saturated heterocycles. The highest BCUT2D eigenvalue weighted by Crippen LogP contribution is 2.54. The SMILES string of the molecule is CC(C)(C)c1ccnc(-n2c3ccccc3c3cc4c(cc32)N(c2cc(C3=N[C@@H]5c6ccc(C(C)(C)C)cc6C[C@@H]5O3)cc(-c3ccccn3)c2)c2ccccc2C4(C)C)c1. The van der Waals surface area contributed by atoms with Gasteiger partial charge < -0.3 is 9.64 Å². The number of hydrogen-bond acceptors (Lipinski definition) is 5. The minimum Gasteiger partial charge on any atom is -0.471 e. The topological polar surface area (TPSA) is 55.5 Å². The summed E-state index contributed by atoms with van der Waals surface area (Å²) in [5.74, 6) is 1.60. The lowest BCUT2D eigenvalue weighted by molar-refractivity contribution is 0.206. The first-order chi connectivity index (χ1) is 29.2. The molecule has 8 aromatic rings. The maximum absolute atomic E-state index is 6.87. The van der Waals surface area contributed by atoms with Gasteiger partial charge in [-0.2, -0.15) is 0 Å². The summed E-state index contributed by atoms with van der Waals surface area (Å²) >= 11 is 0. The number of pyridine rings is 2. The maximum Gasteiger partial charge on any atom is 0.217 e. The minimum absolute atomic E-state index is 0.0262. The molecule has 302 valence electrons. The normalized spacial score (nSPS) is 17.8. The fourth-order valence-electron chi connectivity index (χ4n) is 10.0. The second-order valence-corrected chi connectivity index (χ2v) is 19.8. The highest BCUT2D eigenvalue weighted by Gasteiger charge is 2.42. The molecule has 3 aliphatic rings. The van der Waals surface area contributed by atoms with Gasteiger partial charge in [0, 0.05) is 51.8 Å². The predicted octanol–water partition coefficient (Wildman–Crippen LogP) is 13.4. The molecule has 0 N–H and O–H groups in total. The molecule has 3 aromatic heterocycles. The monoisotopic (exact) mass is 797 g/mol. The molecule has 11 rings (SSSR count). The average molecular weight is 798 g/mol. The van der Waals surface area contributed by atoms with E-state index in [2.05, 4.69) is 186 Å². The highest BCUT2D eigenvalue weighted by atomic mass is 16.5. The summed E-state index contributed by atoms with van der Waals surface area (Å²) in [5.41, 5.74) is 15.9. The molecule has 6 heteroatoms. The van der Waals surface area contributed by atoms with Gasteiger partial charge in [0.15, 0.2) is 0 Å². The van der Waals surface area contributed by atoms with Crippen molar-refractivity contribution in [2.24, 2.45) is 4.99 Å². The van der Waals surface area contributed by atoms with Crippen LogP contribution < -0.4 is 4.90 Å². The van der Waals surface area contributed by atoms with Crippen molar-refractivity contribution >= 4 is 44.8 Å². The lowest BCUT2D eigenvalue weighted by Crippen LogP contribution is -2.30. The Morgan fingerprint density at radius 1 is 0.623 bits per heavy atom. The van der Waals surface area contributed by atoms with Gasteiger partial charge in [-0.3, -0.25) is 9.55 Å². The lowest BCUT2D eigenvalue weighted by atomic mass is 9.73. The van der Waals surface area contributed by atoms with E-state index in [1.807, 2.05) is 18.5 Å². The van der Waals surface area contributed by atoms with Gasteiger partial charge in [0.1, 0.15) is 18.0 Å². The number of aliphatic imine (C=N–C) groups is 1. The van der Waals surface area contributed by atoms with Crippen molar-refractivity contribution in [1.29, 1.82) is 0 Å². The van der Waals surface area contributed by atoms with Gasteiger partial charge in [-0.1, -0.05) is 116 Å². The van der Waals surface area contributed by atoms with E-state index in [0.717, 1.165) is 57.2 Å². The molecular weight excluding hydrogens is 747 g/mol. The van der Waals surface area contributed by atoms with Crippen LogP contribution in [0.4, 0.5) is 17.1 Å². The Labute approximate surface area is 358 Å². The second-order valence-electron chi connectivity index (χ2n) is 19.8. The smallest absolute Gasteiger partial charge is 0.217 e. The van der Waals surface area contributed by atoms with Gasteiger partial charge in [0.2, 0.25) is 5.90 Å². The largest absolute Gasteiger partial charge is 0.471 e. The van der Waals surface area contributed by atoms with Gasteiger partial charge in [0.25, 0.3) is 0 Å². The molecule has 1 aliphatic carbocycles. The van der Waals surface area contributed by atoms with Gasteiger partial charge >= 0.3 is 0 Å². The first-order valence-corrected chi connectivity index (χ1v) is 21.6. The fourth-order valence-corrected chi connectivity index (χ4v) is 10.0. The van der Waals surface area contributed by atoms with Gasteiger partial charge in [-0.25, -0.2) is 9.98 Å². The second kappa shape index (κ2) is 13.2. The molecular formula is C55H51N5O. The molecule has 0 saturated carbocycles. The molecule has 5 aromatic carbocycles. The number of rotatable bonds is 4. The van der Waals surface area contributed by atoms with Crippen LogP contribution in [0.2, 0.25) is 0 Å². The van der Waals surface area contributed by atoms with Crippen molar-refractivity contribution in [1.82, 2.24) is 14.5 Å². The summed E-state index contributed by atoms with van der Waals surface area (Å²) < 4.78 is 9.23. The van der Waals surface area contributed by atoms with Crippen LogP contribution >= 0.6 is 0 Å². The standard InChI is InChI=1S/C55H51N5O/c1-53(2,3)36-20-21-39-33(26-36)29-49-51(39)58-52(61-49)35-25-34(44-17-13-14-23-56-44)27-38(28-35)59-46-19-12-10-16-42(46)55(7,8)43-31-41-40-15-9-11-18-45(40)60(47(41)32-48(43)59)50-30-37(22-24-57-50)54(4,5)6/h9-28,30-32,49,51H,29H2,1-8H3/t49-,51+/m0/s1. The van der Waals surface area contributed by atoms with Crippen LogP contribution in [0.1, 0.15) is 100 Å². The van der Waals surface area contributed by atoms with Crippen LogP contribution in [-0.4, -0.2) is 26.5 Å². The fraction of sp³-hybridized carbons (Fsp3) is 0.255. The van der Waals surface area contributed by atoms with Crippen LogP contribution in [0.3, 0.4) is 0 Å². The van der Waals surface area contributed by atoms with E-state index in [-0.39, 0.29) is 28.4 Å². The first kappa shape index (κ1) is 37.5. The third kappa shape index (κ3) is 5.94. The Kier molecular flexibility index (Phi) is 8.13. The van der Waals surface area contributed by atoms with Gasteiger partial charge in [0.05, 0.1) is 28.1 Å². The van der Waals surface area contributed by atoms with Crippen molar-refractivity contribution < 1.29 is 4.74 Å². The van der Waals surface area contributed by atoms with Crippen molar-refractivity contribution in [3.05, 3.63) is 179 Å². The molecule has 0 spiro atoms. The molecule has 0 amide bonds. The van der Waals surface area contributed by atoms with Crippen molar-refractivity contribution in [3.63, 3.8) is 0 Å². The Balaban J connectivity index is 1.13. The Morgan fingerprint density at radius 3 is 2.18 bits per heavy atom. The molecule has 61 heavy (non-hydrogen) atoms. The third-order valence-corrected chi connectivity index (χ3v) is 13.4. The van der Waals surface area contributed by atoms with E-state index in [0.29, 0.717) is 5.90 Å². The number of nitrogens with zero attached hydrogens (tertiary/aromatic N) is 5. The lowest BCUT2D eigenvalue weighted by Gasteiger charge is -2.42. The molecule has 6 nitrogen and oxygen atoms in total. The zero-order valence-corrected chi connectivity index (χ0v) is 36.3. The van der Waals surface area contributed by atoms with Crippen LogP contribution in [0.25, 0.3) is 38.9 Å². The molecule has 2 aliphatic heterocycles. The maximum atomic E-state index is 6.87. The molecule has 0 unspecified atom stereocenters. The summed E-state index contributed by atoms with van der Waals surface area (Å²) in [5, 5.41) is 2.42. The third-order valence-electron chi connectivity index (χ3n) is 13.4. The molecule has 0 radical (unpaired) electrons. The van der Waals surface area contributed by atoms with Gasteiger partial charge in [-0.05, 0) is 111 Å². The number of anilines is 3. The molecule has 0 bridgehead atoms. The van der Waals surface area contributed by atoms with Crippen LogP contribution in [-0.2, 0) is 27.4 Å². The highest BCUT2D eigenvalue weighted by molar-refractivity contribution is 6.11. The van der Waals surface area contributed by atoms with Crippen molar-refractivity contribution in [2.45, 2.75) is 90.2 Å². The first-order valence-electron chi connectivity index (χ1n) is 21.6. The molecule has 0 fully saturated rings. The Bertz CT molecular complexity index is 3110. The van der Waals surface area contributed by atoms with E-state index in [1.165, 1.54) is 44.2 Å². The summed E-state index contributed by atoms with van der Waals surface area (Å²) in [4.78, 5) is 17.7. The van der Waals surface area contributed by atoms with E-state index < -0.39 is 0 Å². The Morgan fingerprint density at radius 2 is 1.38 bits per heavy atom. The van der Waals surface area contributed by atoms with Crippen molar-refractivity contribution in [3.8, 4) is 17.1 Å². The van der Waals surface area contributed by atoms with E-state index in [1.54, 1.807) is 0 Å². The van der Waals surface area contributed by atoms with E-state index in [4.69, 9.17) is 19.7 Å². The van der Waals surface area contributed by atoms with E-state index in [9.17, 15) is 0 Å². The number of hydrogen-bond donors (Lipinski definition) is 0. The summed E-state index contributed by atoms with van der Waals surface area (Å²) in [6, 6.07) is 46.6. The van der Waals surface area contributed by atoms with Gasteiger partial charge in [-0.15, -0.1) is 0 Å². The number of ether oxygens (including phenoxy) is 1. The zero-order valence-electron chi connectivity index (χ0n) is 36.3. The number of benzene rings is 5. The minimum atomic E-state index is -0.290. The number of para-hydroxylation sites is 2. The summed E-state index contributed by atoms with van der Waals surface area (Å²) in [7, 11) is 0.